The third-order valence-corrected chi connectivity index (χ3v) is 5.55. The summed E-state index contributed by atoms with van der Waals surface area (Å²) in [7, 11) is 0. The van der Waals surface area contributed by atoms with Crippen LogP contribution in [0.25, 0.3) is 0 Å². The first kappa shape index (κ1) is 23.0. The van der Waals surface area contributed by atoms with E-state index in [2.05, 4.69) is 5.32 Å². The molecule has 2 rings (SSSR count). The average Bonchev–Trinajstić information content (AvgIpc) is 3.32. The quantitative estimate of drug-likeness (QED) is 0.295. The molecule has 29 heavy (non-hydrogen) atoms. The van der Waals surface area contributed by atoms with Gasteiger partial charge in [-0.1, -0.05) is 0 Å². The maximum atomic E-state index is 13.1. The number of nitrogens with one attached hydrogen (secondary N) is 1. The van der Waals surface area contributed by atoms with Gasteiger partial charge in [0.1, 0.15) is 24.2 Å². The van der Waals surface area contributed by atoms with Crippen LogP contribution in [0.3, 0.4) is 0 Å². The van der Waals surface area contributed by atoms with E-state index in [1.165, 1.54) is 23.6 Å². The van der Waals surface area contributed by atoms with Crippen LogP contribution in [0.4, 0.5) is 0 Å². The predicted molar refractivity (Wildman–Crippen MR) is 102 cm³/mol. The highest BCUT2D eigenvalue weighted by Crippen LogP contribution is 2.25. The fourth-order valence-corrected chi connectivity index (χ4v) is 3.86. The molecule has 0 aliphatic carbocycles. The van der Waals surface area contributed by atoms with Crippen LogP contribution in [0.1, 0.15) is 39.5 Å². The Hall–Kier alpha value is -2.24. The van der Waals surface area contributed by atoms with Crippen LogP contribution in [0.2, 0.25) is 0 Å². The van der Waals surface area contributed by atoms with Crippen molar-refractivity contribution in [2.24, 2.45) is 11.5 Å². The standard InChI is InChI=1S/C18H31N5O6/c1-9(24)13(19)18(29)23-8-4-6-12(23)17(28)22-7-3-5-11(22)16(27)21-14(10(2)25)15(20)26/h9-14,24-25H,3-8,19H2,1-2H3,(H2,20,26)(H,21,27)/t9-,10-,11?,12-,13?,14+/m1/s1. The first-order chi connectivity index (χ1) is 13.6. The number of carbonyl (C=O) groups excluding carboxylic acids is 4. The molecule has 0 spiro atoms. The number of aliphatic hydroxyl groups excluding tert-OH is 2. The Morgan fingerprint density at radius 3 is 2.03 bits per heavy atom. The lowest BCUT2D eigenvalue weighted by molar-refractivity contribution is -0.148. The zero-order valence-corrected chi connectivity index (χ0v) is 16.8. The van der Waals surface area contributed by atoms with Crippen molar-refractivity contribution >= 4 is 23.6 Å². The smallest absolute Gasteiger partial charge is 0.246 e. The largest absolute Gasteiger partial charge is 0.391 e. The molecule has 0 aromatic rings. The van der Waals surface area contributed by atoms with E-state index in [4.69, 9.17) is 11.5 Å². The molecule has 2 aliphatic rings. The van der Waals surface area contributed by atoms with Gasteiger partial charge in [-0.05, 0) is 39.5 Å². The molecule has 2 saturated heterocycles. The number of amides is 4. The highest BCUT2D eigenvalue weighted by atomic mass is 16.3. The van der Waals surface area contributed by atoms with Crippen molar-refractivity contribution in [1.82, 2.24) is 15.1 Å². The van der Waals surface area contributed by atoms with E-state index in [9.17, 15) is 29.4 Å². The molecule has 0 radical (unpaired) electrons. The van der Waals surface area contributed by atoms with E-state index in [0.29, 0.717) is 38.8 Å². The van der Waals surface area contributed by atoms with Gasteiger partial charge in [0.05, 0.1) is 12.2 Å². The van der Waals surface area contributed by atoms with Gasteiger partial charge in [0.15, 0.2) is 0 Å². The maximum Gasteiger partial charge on any atom is 0.246 e. The first-order valence-electron chi connectivity index (χ1n) is 9.88. The highest BCUT2D eigenvalue weighted by molar-refractivity contribution is 5.95. The van der Waals surface area contributed by atoms with Crippen LogP contribution in [0.15, 0.2) is 0 Å². The van der Waals surface area contributed by atoms with E-state index in [-0.39, 0.29) is 5.91 Å². The summed E-state index contributed by atoms with van der Waals surface area (Å²) in [5, 5.41) is 21.6. The molecule has 7 N–H and O–H groups in total. The molecule has 2 fully saturated rings. The van der Waals surface area contributed by atoms with Crippen molar-refractivity contribution in [3.63, 3.8) is 0 Å². The van der Waals surface area contributed by atoms with E-state index in [0.717, 1.165) is 0 Å². The number of hydrogen-bond acceptors (Lipinski definition) is 7. The maximum absolute atomic E-state index is 13.1. The lowest BCUT2D eigenvalue weighted by Gasteiger charge is -2.33. The molecule has 0 aromatic carbocycles. The summed E-state index contributed by atoms with van der Waals surface area (Å²) in [5.74, 6) is -2.31. The fourth-order valence-electron chi connectivity index (χ4n) is 3.86. The Labute approximate surface area is 169 Å². The van der Waals surface area contributed by atoms with Gasteiger partial charge < -0.3 is 36.8 Å². The van der Waals surface area contributed by atoms with Gasteiger partial charge in [0.2, 0.25) is 23.6 Å². The number of aliphatic hydroxyl groups is 2. The highest BCUT2D eigenvalue weighted by Gasteiger charge is 2.43. The summed E-state index contributed by atoms with van der Waals surface area (Å²) in [4.78, 5) is 52.5. The number of carbonyl (C=O) groups is 4. The van der Waals surface area contributed by atoms with Gasteiger partial charge >= 0.3 is 0 Å². The summed E-state index contributed by atoms with van der Waals surface area (Å²) in [6, 6.07) is -3.94. The van der Waals surface area contributed by atoms with Crippen LogP contribution in [-0.4, -0.2) is 93.1 Å². The third kappa shape index (κ3) is 5.03. The SMILES string of the molecule is C[C@@H](O)C(N)C(=O)N1CCC[C@@H]1C(=O)N1CCCC1C(=O)N[C@H](C(N)=O)[C@@H](C)O. The molecule has 11 heteroatoms. The molecule has 4 amide bonds. The first-order valence-corrected chi connectivity index (χ1v) is 9.88. The van der Waals surface area contributed by atoms with Crippen LogP contribution in [0.5, 0.6) is 0 Å². The number of likely N-dealkylation sites (tertiary alicyclic amines) is 2. The van der Waals surface area contributed by atoms with Crippen LogP contribution < -0.4 is 16.8 Å². The monoisotopic (exact) mass is 413 g/mol. The van der Waals surface area contributed by atoms with Gasteiger partial charge in [0, 0.05) is 13.1 Å². The molecular formula is C18H31N5O6. The van der Waals surface area contributed by atoms with Crippen molar-refractivity contribution in [1.29, 1.82) is 0 Å². The minimum atomic E-state index is -1.26. The Kier molecular flexibility index (Phi) is 7.55. The lowest BCUT2D eigenvalue weighted by atomic mass is 10.1. The summed E-state index contributed by atoms with van der Waals surface area (Å²) < 4.78 is 0. The van der Waals surface area contributed by atoms with Crippen molar-refractivity contribution in [2.45, 2.75) is 75.9 Å². The van der Waals surface area contributed by atoms with Crippen LogP contribution >= 0.6 is 0 Å². The third-order valence-electron chi connectivity index (χ3n) is 5.55. The molecular weight excluding hydrogens is 382 g/mol. The van der Waals surface area contributed by atoms with E-state index < -0.39 is 54.1 Å². The Balaban J connectivity index is 2.11. The molecule has 0 aromatic heterocycles. The van der Waals surface area contributed by atoms with Crippen LogP contribution in [-0.2, 0) is 19.2 Å². The molecule has 2 aliphatic heterocycles. The Morgan fingerprint density at radius 1 is 0.966 bits per heavy atom. The number of nitrogens with zero attached hydrogens (tertiary/aromatic N) is 2. The van der Waals surface area contributed by atoms with Gasteiger partial charge in [-0.2, -0.15) is 0 Å². The molecule has 11 nitrogen and oxygen atoms in total. The summed E-state index contributed by atoms with van der Waals surface area (Å²) in [5.41, 5.74) is 11.0. The number of nitrogens with two attached hydrogens (primary N) is 2. The van der Waals surface area contributed by atoms with Gasteiger partial charge in [-0.15, -0.1) is 0 Å². The minimum absolute atomic E-state index is 0.341. The van der Waals surface area contributed by atoms with Gasteiger partial charge in [-0.25, -0.2) is 0 Å². The minimum Gasteiger partial charge on any atom is -0.391 e. The van der Waals surface area contributed by atoms with E-state index in [1.54, 1.807) is 0 Å². The van der Waals surface area contributed by atoms with E-state index in [1.807, 2.05) is 0 Å². The zero-order chi connectivity index (χ0) is 21.9. The number of hydrogen-bond donors (Lipinski definition) is 5. The van der Waals surface area contributed by atoms with Crippen molar-refractivity contribution in [2.75, 3.05) is 13.1 Å². The van der Waals surface area contributed by atoms with Crippen molar-refractivity contribution in [3.05, 3.63) is 0 Å². The second kappa shape index (κ2) is 9.51. The van der Waals surface area contributed by atoms with E-state index >= 15 is 0 Å². The second-order valence-electron chi connectivity index (χ2n) is 7.77. The molecule has 0 saturated carbocycles. The second-order valence-corrected chi connectivity index (χ2v) is 7.77. The van der Waals surface area contributed by atoms with Crippen LogP contribution in [0, 0.1) is 0 Å². The average molecular weight is 413 g/mol. The zero-order valence-electron chi connectivity index (χ0n) is 16.8. The summed E-state index contributed by atoms with van der Waals surface area (Å²) >= 11 is 0. The molecule has 6 atom stereocenters. The number of rotatable bonds is 7. The molecule has 2 unspecified atom stereocenters. The fraction of sp³-hybridized carbons (Fsp3) is 0.778. The summed E-state index contributed by atoms with van der Waals surface area (Å²) in [6.45, 7) is 3.44. The predicted octanol–water partition coefficient (Wildman–Crippen LogP) is -2.97. The van der Waals surface area contributed by atoms with Crippen molar-refractivity contribution in [3.8, 4) is 0 Å². The molecule has 164 valence electrons. The topological polar surface area (TPSA) is 179 Å². The summed E-state index contributed by atoms with van der Waals surface area (Å²) in [6.07, 6.45) is -0.170. The van der Waals surface area contributed by atoms with Gasteiger partial charge in [0.25, 0.3) is 0 Å². The Morgan fingerprint density at radius 2 is 1.52 bits per heavy atom. The normalized spacial score (nSPS) is 26.0. The lowest BCUT2D eigenvalue weighted by Crippen LogP contribution is -2.58. The molecule has 0 bridgehead atoms. The number of primary amides is 1. The van der Waals surface area contributed by atoms with Gasteiger partial charge in [-0.3, -0.25) is 19.2 Å². The Bertz CT molecular complexity index is 655. The molecule has 2 heterocycles. The van der Waals surface area contributed by atoms with Crippen molar-refractivity contribution < 1.29 is 29.4 Å².